The molecule has 0 bridgehead atoms. The normalized spacial score (nSPS) is 17.5. The van der Waals surface area contributed by atoms with Crippen molar-refractivity contribution in [1.29, 1.82) is 5.26 Å². The monoisotopic (exact) mass is 345 g/mol. The topological polar surface area (TPSA) is 39.1 Å². The minimum Gasteiger partial charge on any atom is -0.366 e. The Morgan fingerprint density at radius 2 is 1.68 bits per heavy atom. The first-order valence-corrected chi connectivity index (χ1v) is 7.99. The van der Waals surface area contributed by atoms with Crippen LogP contribution in [0.3, 0.4) is 0 Å². The summed E-state index contributed by atoms with van der Waals surface area (Å²) in [5.41, 5.74) is 0.410. The Labute approximate surface area is 144 Å². The number of alkyl halides is 3. The average molecular weight is 345 g/mol. The van der Waals surface area contributed by atoms with Crippen molar-refractivity contribution in [3.63, 3.8) is 0 Å². The number of hydrogen-bond acceptors (Lipinski definition) is 3. The van der Waals surface area contributed by atoms with Gasteiger partial charge in [-0.2, -0.15) is 18.4 Å². The fourth-order valence-electron chi connectivity index (χ4n) is 3.08. The van der Waals surface area contributed by atoms with Gasteiger partial charge in [0.05, 0.1) is 24.7 Å². The van der Waals surface area contributed by atoms with Crippen molar-refractivity contribution in [3.05, 3.63) is 65.7 Å². The van der Waals surface area contributed by atoms with E-state index >= 15 is 0 Å². The molecule has 130 valence electrons. The van der Waals surface area contributed by atoms with E-state index in [1.165, 1.54) is 12.1 Å². The molecule has 0 aromatic heterocycles. The summed E-state index contributed by atoms with van der Waals surface area (Å²) in [4.78, 5) is 2.09. The molecule has 0 radical (unpaired) electrons. The highest BCUT2D eigenvalue weighted by Crippen LogP contribution is 2.32. The van der Waals surface area contributed by atoms with Gasteiger partial charge in [0.1, 0.15) is 5.54 Å². The van der Waals surface area contributed by atoms with E-state index in [1.807, 2.05) is 37.3 Å². The number of nitrogens with one attached hydrogen (secondary N) is 1. The molecule has 0 aliphatic carbocycles. The lowest BCUT2D eigenvalue weighted by Crippen LogP contribution is -2.69. The van der Waals surface area contributed by atoms with Crippen molar-refractivity contribution in [3.8, 4) is 6.07 Å². The summed E-state index contributed by atoms with van der Waals surface area (Å²) in [6.07, 6.45) is -4.34. The highest BCUT2D eigenvalue weighted by atomic mass is 19.4. The third-order valence-electron chi connectivity index (χ3n) is 4.49. The fourth-order valence-corrected chi connectivity index (χ4v) is 3.08. The Bertz CT molecular complexity index is 757. The quantitative estimate of drug-likeness (QED) is 0.905. The van der Waals surface area contributed by atoms with Gasteiger partial charge in [0.25, 0.3) is 0 Å². The molecule has 3 rings (SSSR count). The number of nitriles is 1. The molecule has 0 unspecified atom stereocenters. The Morgan fingerprint density at radius 3 is 2.20 bits per heavy atom. The molecule has 3 nitrogen and oxygen atoms in total. The molecule has 1 saturated heterocycles. The predicted molar refractivity (Wildman–Crippen MR) is 90.0 cm³/mol. The molecular weight excluding hydrogens is 327 g/mol. The molecule has 1 fully saturated rings. The van der Waals surface area contributed by atoms with E-state index in [0.717, 1.165) is 23.4 Å². The number of rotatable bonds is 4. The summed E-state index contributed by atoms with van der Waals surface area (Å²) >= 11 is 0. The van der Waals surface area contributed by atoms with Crippen LogP contribution in [0.25, 0.3) is 0 Å². The molecule has 1 N–H and O–H groups in total. The molecule has 1 atom stereocenters. The number of anilines is 1. The van der Waals surface area contributed by atoms with Gasteiger partial charge >= 0.3 is 6.18 Å². The summed E-state index contributed by atoms with van der Waals surface area (Å²) in [6, 6.07) is 17.0. The highest BCUT2D eigenvalue weighted by Gasteiger charge is 2.44. The average Bonchev–Trinajstić information content (AvgIpc) is 2.57. The number of nitrogens with zero attached hydrogens (tertiary/aromatic N) is 2. The summed E-state index contributed by atoms with van der Waals surface area (Å²) < 4.78 is 38.0. The lowest BCUT2D eigenvalue weighted by Gasteiger charge is -2.48. The Morgan fingerprint density at radius 1 is 1.08 bits per heavy atom. The zero-order chi connectivity index (χ0) is 18.1. The van der Waals surface area contributed by atoms with Gasteiger partial charge in [-0.25, -0.2) is 0 Å². The van der Waals surface area contributed by atoms with Crippen LogP contribution in [0.4, 0.5) is 18.9 Å². The molecule has 6 heteroatoms. The van der Waals surface area contributed by atoms with Gasteiger partial charge < -0.3 is 4.90 Å². The van der Waals surface area contributed by atoms with Gasteiger partial charge in [0.2, 0.25) is 0 Å². The minimum atomic E-state index is -4.34. The van der Waals surface area contributed by atoms with E-state index in [2.05, 4.69) is 16.3 Å². The molecule has 0 saturated carbocycles. The SMILES string of the molecule is C[C@H](NC1(C#N)CN(c2ccccc2)C1)c1ccc(C(F)(F)F)cc1. The first kappa shape index (κ1) is 17.3. The van der Waals surface area contributed by atoms with Crippen molar-refractivity contribution in [2.75, 3.05) is 18.0 Å². The van der Waals surface area contributed by atoms with Gasteiger partial charge in [0, 0.05) is 11.7 Å². The molecular formula is C19H18F3N3. The van der Waals surface area contributed by atoms with Gasteiger partial charge in [-0.1, -0.05) is 30.3 Å². The van der Waals surface area contributed by atoms with Crippen LogP contribution in [0.15, 0.2) is 54.6 Å². The summed E-state index contributed by atoms with van der Waals surface area (Å²) in [5, 5.41) is 12.8. The Kier molecular flexibility index (Phi) is 4.44. The summed E-state index contributed by atoms with van der Waals surface area (Å²) in [7, 11) is 0. The Hall–Kier alpha value is -2.52. The van der Waals surface area contributed by atoms with Crippen LogP contribution in [0.2, 0.25) is 0 Å². The van der Waals surface area contributed by atoms with E-state index in [-0.39, 0.29) is 6.04 Å². The third kappa shape index (κ3) is 3.62. The molecule has 25 heavy (non-hydrogen) atoms. The van der Waals surface area contributed by atoms with E-state index in [1.54, 1.807) is 0 Å². The zero-order valence-corrected chi connectivity index (χ0v) is 13.7. The molecule has 1 aliphatic rings. The van der Waals surface area contributed by atoms with E-state index in [9.17, 15) is 18.4 Å². The van der Waals surface area contributed by atoms with Crippen LogP contribution in [0.1, 0.15) is 24.1 Å². The van der Waals surface area contributed by atoms with Gasteiger partial charge in [-0.3, -0.25) is 5.32 Å². The van der Waals surface area contributed by atoms with Crippen molar-refractivity contribution in [1.82, 2.24) is 5.32 Å². The second kappa shape index (κ2) is 6.41. The van der Waals surface area contributed by atoms with Gasteiger partial charge in [-0.15, -0.1) is 0 Å². The third-order valence-corrected chi connectivity index (χ3v) is 4.49. The Balaban J connectivity index is 1.66. The van der Waals surface area contributed by atoms with Gasteiger partial charge in [0.15, 0.2) is 0 Å². The molecule has 2 aromatic carbocycles. The van der Waals surface area contributed by atoms with E-state index in [0.29, 0.717) is 13.1 Å². The van der Waals surface area contributed by atoms with E-state index in [4.69, 9.17) is 0 Å². The lowest BCUT2D eigenvalue weighted by atomic mass is 9.89. The predicted octanol–water partition coefficient (Wildman–Crippen LogP) is 4.14. The lowest BCUT2D eigenvalue weighted by molar-refractivity contribution is -0.137. The summed E-state index contributed by atoms with van der Waals surface area (Å²) in [5.74, 6) is 0. The maximum absolute atomic E-state index is 12.7. The molecule has 2 aromatic rings. The number of hydrogen-bond donors (Lipinski definition) is 1. The second-order valence-electron chi connectivity index (χ2n) is 6.37. The maximum Gasteiger partial charge on any atom is 0.416 e. The van der Waals surface area contributed by atoms with Crippen molar-refractivity contribution in [2.45, 2.75) is 24.7 Å². The van der Waals surface area contributed by atoms with Crippen molar-refractivity contribution < 1.29 is 13.2 Å². The molecule has 1 aliphatic heterocycles. The van der Waals surface area contributed by atoms with Crippen LogP contribution in [-0.2, 0) is 6.18 Å². The van der Waals surface area contributed by atoms with Gasteiger partial charge in [-0.05, 0) is 36.8 Å². The van der Waals surface area contributed by atoms with Crippen LogP contribution in [0, 0.1) is 11.3 Å². The smallest absolute Gasteiger partial charge is 0.366 e. The first-order chi connectivity index (χ1) is 11.8. The standard InChI is InChI=1S/C19H18F3N3/c1-14(15-7-9-16(10-8-15)19(20,21)22)24-18(11-23)12-25(13-18)17-5-3-2-4-6-17/h2-10,14,24H,12-13H2,1H3/t14-/m0/s1. The number of halogens is 3. The van der Waals surface area contributed by atoms with Crippen molar-refractivity contribution in [2.24, 2.45) is 0 Å². The zero-order valence-electron chi connectivity index (χ0n) is 13.7. The second-order valence-corrected chi connectivity index (χ2v) is 6.37. The van der Waals surface area contributed by atoms with Crippen LogP contribution in [0.5, 0.6) is 0 Å². The number of para-hydroxylation sites is 1. The number of benzene rings is 2. The summed E-state index contributed by atoms with van der Waals surface area (Å²) in [6.45, 7) is 2.93. The first-order valence-electron chi connectivity index (χ1n) is 7.99. The van der Waals surface area contributed by atoms with Crippen molar-refractivity contribution >= 4 is 5.69 Å². The van der Waals surface area contributed by atoms with Crippen LogP contribution >= 0.6 is 0 Å². The molecule has 1 heterocycles. The van der Waals surface area contributed by atoms with Crippen LogP contribution < -0.4 is 10.2 Å². The fraction of sp³-hybridized carbons (Fsp3) is 0.316. The van der Waals surface area contributed by atoms with E-state index < -0.39 is 17.3 Å². The van der Waals surface area contributed by atoms with Crippen LogP contribution in [-0.4, -0.2) is 18.6 Å². The maximum atomic E-state index is 12.7. The molecule has 0 amide bonds. The largest absolute Gasteiger partial charge is 0.416 e. The minimum absolute atomic E-state index is 0.222. The molecule has 0 spiro atoms. The highest BCUT2D eigenvalue weighted by molar-refractivity contribution is 5.52.